The Hall–Kier alpha value is -1.95. The first-order chi connectivity index (χ1) is 9.85. The van der Waals surface area contributed by atoms with Gasteiger partial charge in [-0.2, -0.15) is 9.61 Å². The third-order valence-corrected chi connectivity index (χ3v) is 4.87. The molecule has 0 saturated heterocycles. The van der Waals surface area contributed by atoms with Crippen LogP contribution in [0.25, 0.3) is 16.3 Å². The van der Waals surface area contributed by atoms with Crippen LogP contribution in [-0.2, 0) is 0 Å². The van der Waals surface area contributed by atoms with Crippen molar-refractivity contribution in [3.05, 3.63) is 29.3 Å². The van der Waals surface area contributed by atoms with E-state index in [0.29, 0.717) is 5.92 Å². The molecular weight excluding hydrogens is 272 g/mol. The summed E-state index contributed by atoms with van der Waals surface area (Å²) in [4.78, 5) is 0.873. The van der Waals surface area contributed by atoms with Gasteiger partial charge in [0.2, 0.25) is 4.96 Å². The highest BCUT2D eigenvalue weighted by Gasteiger charge is 2.24. The highest BCUT2D eigenvalue weighted by molar-refractivity contribution is 7.16. The highest BCUT2D eigenvalue weighted by Crippen LogP contribution is 2.38. The summed E-state index contributed by atoms with van der Waals surface area (Å²) in [6, 6.07) is 7.82. The van der Waals surface area contributed by atoms with Gasteiger partial charge in [-0.3, -0.25) is 0 Å². The summed E-state index contributed by atoms with van der Waals surface area (Å²) >= 11 is 1.66. The molecular formula is C14H14N4OS. The van der Waals surface area contributed by atoms with Gasteiger partial charge >= 0.3 is 0 Å². The first-order valence-electron chi connectivity index (χ1n) is 6.72. The number of hydrogen-bond acceptors (Lipinski definition) is 5. The smallest absolute Gasteiger partial charge is 0.234 e. The van der Waals surface area contributed by atoms with E-state index in [1.807, 2.05) is 28.8 Å². The lowest BCUT2D eigenvalue weighted by molar-refractivity contribution is 0.414. The van der Waals surface area contributed by atoms with E-state index in [1.165, 1.54) is 24.3 Å². The maximum atomic E-state index is 5.18. The van der Waals surface area contributed by atoms with E-state index < -0.39 is 0 Å². The van der Waals surface area contributed by atoms with E-state index in [-0.39, 0.29) is 0 Å². The molecule has 0 bridgehead atoms. The number of rotatable bonds is 3. The third kappa shape index (κ3) is 1.79. The van der Waals surface area contributed by atoms with Crippen LogP contribution in [0.2, 0.25) is 0 Å². The maximum Gasteiger partial charge on any atom is 0.234 e. The second-order valence-corrected chi connectivity index (χ2v) is 6.00. The SMILES string of the molecule is COc1ccc(-c2nnc3sc(C4CCC4)nn23)cc1. The number of aromatic nitrogens is 4. The van der Waals surface area contributed by atoms with Gasteiger partial charge in [0.25, 0.3) is 0 Å². The van der Waals surface area contributed by atoms with Gasteiger partial charge < -0.3 is 4.74 Å². The topological polar surface area (TPSA) is 52.3 Å². The van der Waals surface area contributed by atoms with Crippen molar-refractivity contribution >= 4 is 16.3 Å². The zero-order valence-corrected chi connectivity index (χ0v) is 11.9. The van der Waals surface area contributed by atoms with Crippen molar-refractivity contribution < 1.29 is 4.74 Å². The number of hydrogen-bond donors (Lipinski definition) is 0. The molecule has 2 heterocycles. The van der Waals surface area contributed by atoms with Gasteiger partial charge in [0.1, 0.15) is 10.8 Å². The molecule has 0 radical (unpaired) electrons. The standard InChI is InChI=1S/C14H14N4OS/c1-19-11-7-5-9(6-8-11)12-15-16-14-18(12)17-13(20-14)10-3-2-4-10/h5-8,10H,2-4H2,1H3. The monoisotopic (exact) mass is 286 g/mol. The maximum absolute atomic E-state index is 5.18. The van der Waals surface area contributed by atoms with Crippen molar-refractivity contribution in [3.8, 4) is 17.1 Å². The predicted octanol–water partition coefficient (Wildman–Crippen LogP) is 3.13. The zero-order valence-electron chi connectivity index (χ0n) is 11.1. The minimum atomic E-state index is 0.630. The fourth-order valence-corrected chi connectivity index (χ4v) is 3.38. The first-order valence-corrected chi connectivity index (χ1v) is 7.53. The average Bonchev–Trinajstić information content (AvgIpc) is 2.97. The normalized spacial score (nSPS) is 15.4. The molecule has 1 saturated carbocycles. The molecule has 5 nitrogen and oxygen atoms in total. The van der Waals surface area contributed by atoms with Crippen LogP contribution >= 0.6 is 11.3 Å². The van der Waals surface area contributed by atoms with Gasteiger partial charge in [-0.25, -0.2) is 0 Å². The van der Waals surface area contributed by atoms with Gasteiger partial charge in [-0.1, -0.05) is 17.8 Å². The molecule has 20 heavy (non-hydrogen) atoms. The van der Waals surface area contributed by atoms with Crippen LogP contribution in [0.15, 0.2) is 24.3 Å². The third-order valence-electron chi connectivity index (χ3n) is 3.81. The highest BCUT2D eigenvalue weighted by atomic mass is 32.1. The van der Waals surface area contributed by atoms with E-state index in [1.54, 1.807) is 18.4 Å². The van der Waals surface area contributed by atoms with Crippen molar-refractivity contribution in [1.82, 2.24) is 19.8 Å². The number of benzene rings is 1. The summed E-state index contributed by atoms with van der Waals surface area (Å²) in [7, 11) is 1.66. The van der Waals surface area contributed by atoms with Gasteiger partial charge in [-0.05, 0) is 37.1 Å². The molecule has 0 amide bonds. The van der Waals surface area contributed by atoms with E-state index in [2.05, 4.69) is 10.2 Å². The van der Waals surface area contributed by atoms with Crippen LogP contribution in [0, 0.1) is 0 Å². The molecule has 4 rings (SSSR count). The number of ether oxygens (including phenoxy) is 1. The van der Waals surface area contributed by atoms with Crippen molar-refractivity contribution in [2.75, 3.05) is 7.11 Å². The fourth-order valence-electron chi connectivity index (χ4n) is 2.37. The summed E-state index contributed by atoms with van der Waals surface area (Å²) in [6.07, 6.45) is 3.82. The Morgan fingerprint density at radius 1 is 1.20 bits per heavy atom. The lowest BCUT2D eigenvalue weighted by Crippen LogP contribution is -2.08. The zero-order chi connectivity index (χ0) is 13.5. The van der Waals surface area contributed by atoms with Crippen molar-refractivity contribution in [2.45, 2.75) is 25.2 Å². The number of methoxy groups -OCH3 is 1. The Morgan fingerprint density at radius 2 is 2.00 bits per heavy atom. The Morgan fingerprint density at radius 3 is 2.65 bits per heavy atom. The van der Waals surface area contributed by atoms with Crippen molar-refractivity contribution in [3.63, 3.8) is 0 Å². The minimum Gasteiger partial charge on any atom is -0.497 e. The van der Waals surface area contributed by atoms with E-state index in [0.717, 1.165) is 22.1 Å². The van der Waals surface area contributed by atoms with Crippen LogP contribution in [0.1, 0.15) is 30.2 Å². The second kappa shape index (κ2) is 4.56. The summed E-state index contributed by atoms with van der Waals surface area (Å²) in [6.45, 7) is 0. The minimum absolute atomic E-state index is 0.630. The molecule has 1 aromatic carbocycles. The van der Waals surface area contributed by atoms with Crippen molar-refractivity contribution in [1.29, 1.82) is 0 Å². The first kappa shape index (κ1) is 11.8. The molecule has 3 aromatic rings. The number of fused-ring (bicyclic) bond motifs is 1. The molecule has 102 valence electrons. The van der Waals surface area contributed by atoms with Crippen LogP contribution < -0.4 is 4.74 Å². The van der Waals surface area contributed by atoms with Crippen molar-refractivity contribution in [2.24, 2.45) is 0 Å². The Bertz CT molecular complexity index is 742. The van der Waals surface area contributed by atoms with E-state index in [4.69, 9.17) is 9.84 Å². The number of nitrogens with zero attached hydrogens (tertiary/aromatic N) is 4. The van der Waals surface area contributed by atoms with Crippen LogP contribution in [-0.4, -0.2) is 26.9 Å². The van der Waals surface area contributed by atoms with Crippen LogP contribution in [0.4, 0.5) is 0 Å². The molecule has 6 heteroatoms. The van der Waals surface area contributed by atoms with E-state index in [9.17, 15) is 0 Å². The second-order valence-electron chi connectivity index (χ2n) is 5.01. The largest absolute Gasteiger partial charge is 0.497 e. The Balaban J connectivity index is 1.76. The molecule has 1 fully saturated rings. The van der Waals surface area contributed by atoms with E-state index >= 15 is 0 Å². The Kier molecular flexibility index (Phi) is 2.70. The fraction of sp³-hybridized carbons (Fsp3) is 0.357. The average molecular weight is 286 g/mol. The van der Waals surface area contributed by atoms with Gasteiger partial charge in [0.05, 0.1) is 7.11 Å². The van der Waals surface area contributed by atoms with Crippen LogP contribution in [0.5, 0.6) is 5.75 Å². The Labute approximate surface area is 120 Å². The summed E-state index contributed by atoms with van der Waals surface area (Å²) in [5.41, 5.74) is 1.00. The van der Waals surface area contributed by atoms with Gasteiger partial charge in [0, 0.05) is 11.5 Å². The molecule has 2 aromatic heterocycles. The molecule has 1 aliphatic rings. The molecule has 0 aliphatic heterocycles. The summed E-state index contributed by atoms with van der Waals surface area (Å²) in [5.74, 6) is 2.26. The molecule has 0 unspecified atom stereocenters. The molecule has 0 N–H and O–H groups in total. The quantitative estimate of drug-likeness (QED) is 0.742. The lowest BCUT2D eigenvalue weighted by atomic mass is 9.86. The van der Waals surface area contributed by atoms with Crippen LogP contribution in [0.3, 0.4) is 0 Å². The molecule has 0 atom stereocenters. The summed E-state index contributed by atoms with van der Waals surface area (Å²) in [5, 5.41) is 14.4. The van der Waals surface area contributed by atoms with Gasteiger partial charge in [0.15, 0.2) is 5.82 Å². The molecule has 1 aliphatic carbocycles. The summed E-state index contributed by atoms with van der Waals surface area (Å²) < 4.78 is 7.04. The van der Waals surface area contributed by atoms with Gasteiger partial charge in [-0.15, -0.1) is 10.2 Å². The predicted molar refractivity (Wildman–Crippen MR) is 77.2 cm³/mol. The molecule has 0 spiro atoms. The lowest BCUT2D eigenvalue weighted by Gasteiger charge is -2.21.